The van der Waals surface area contributed by atoms with Crippen molar-refractivity contribution in [3.63, 3.8) is 0 Å². The van der Waals surface area contributed by atoms with Crippen molar-refractivity contribution < 1.29 is 10.2 Å². The van der Waals surface area contributed by atoms with Crippen molar-refractivity contribution in [2.24, 2.45) is 40.4 Å². The second kappa shape index (κ2) is 6.08. The van der Waals surface area contributed by atoms with Gasteiger partial charge in [0.05, 0.1) is 11.7 Å². The predicted octanol–water partition coefficient (Wildman–Crippen LogP) is 5.33. The molecule has 0 aromatic heterocycles. The van der Waals surface area contributed by atoms with Gasteiger partial charge in [-0.05, 0) is 106 Å². The first kappa shape index (κ1) is 19.0. The highest BCUT2D eigenvalue weighted by molar-refractivity contribution is 5.25. The summed E-state index contributed by atoms with van der Waals surface area (Å²) in [4.78, 5) is 0. The number of allylic oxidation sites excluding steroid dienone is 1. The van der Waals surface area contributed by atoms with Crippen molar-refractivity contribution >= 4 is 0 Å². The number of aliphatic hydroxyl groups is 2. The van der Waals surface area contributed by atoms with Crippen LogP contribution < -0.4 is 0 Å². The van der Waals surface area contributed by atoms with E-state index in [-0.39, 0.29) is 6.10 Å². The molecule has 0 bridgehead atoms. The van der Waals surface area contributed by atoms with Crippen molar-refractivity contribution in [1.82, 2.24) is 0 Å². The maximum atomic E-state index is 10.7. The number of aliphatic hydroxyl groups excluding tert-OH is 1. The molecule has 4 rings (SSSR count). The SMILES string of the molecule is CC([C@H]1CCC2C3CC=C4C[C@@H](O)CC[C@]4(C)C3CC[C@@]21C)C(C)(C)O. The fourth-order valence-corrected chi connectivity index (χ4v) is 8.00. The maximum absolute atomic E-state index is 10.7. The van der Waals surface area contributed by atoms with Crippen LogP contribution in [0.4, 0.5) is 0 Å². The fourth-order valence-electron chi connectivity index (χ4n) is 8.00. The zero-order valence-corrected chi connectivity index (χ0v) is 17.6. The Hall–Kier alpha value is -0.340. The van der Waals surface area contributed by atoms with Gasteiger partial charge in [0.1, 0.15) is 0 Å². The number of fused-ring (bicyclic) bond motifs is 5. The van der Waals surface area contributed by atoms with E-state index in [9.17, 15) is 10.2 Å². The quantitative estimate of drug-likeness (QED) is 0.653. The van der Waals surface area contributed by atoms with E-state index < -0.39 is 5.60 Å². The second-order valence-corrected chi connectivity index (χ2v) is 11.3. The van der Waals surface area contributed by atoms with Gasteiger partial charge < -0.3 is 10.2 Å². The van der Waals surface area contributed by atoms with Gasteiger partial charge >= 0.3 is 0 Å². The van der Waals surface area contributed by atoms with Gasteiger partial charge in [-0.2, -0.15) is 0 Å². The topological polar surface area (TPSA) is 40.5 Å². The third-order valence-corrected chi connectivity index (χ3v) is 9.87. The van der Waals surface area contributed by atoms with Gasteiger partial charge in [-0.15, -0.1) is 0 Å². The highest BCUT2D eigenvalue weighted by Gasteiger charge is 2.59. The van der Waals surface area contributed by atoms with Gasteiger partial charge in [-0.1, -0.05) is 32.4 Å². The van der Waals surface area contributed by atoms with Crippen LogP contribution in [0.3, 0.4) is 0 Å². The summed E-state index contributed by atoms with van der Waals surface area (Å²) in [6.45, 7) is 11.4. The lowest BCUT2D eigenvalue weighted by atomic mass is 9.46. The molecule has 0 saturated heterocycles. The lowest BCUT2D eigenvalue weighted by Gasteiger charge is -2.58. The van der Waals surface area contributed by atoms with Crippen molar-refractivity contribution in [1.29, 1.82) is 0 Å². The summed E-state index contributed by atoms with van der Waals surface area (Å²) in [5.41, 5.74) is 1.73. The summed E-state index contributed by atoms with van der Waals surface area (Å²) in [5, 5.41) is 20.8. The Morgan fingerprint density at radius 1 is 1.08 bits per heavy atom. The average Bonchev–Trinajstić information content (AvgIpc) is 2.91. The van der Waals surface area contributed by atoms with Crippen LogP contribution in [-0.4, -0.2) is 21.9 Å². The smallest absolute Gasteiger partial charge is 0.0620 e. The largest absolute Gasteiger partial charge is 0.393 e. The molecular weight excluding hydrogens is 320 g/mol. The van der Waals surface area contributed by atoms with Gasteiger partial charge in [0, 0.05) is 0 Å². The molecule has 0 spiro atoms. The zero-order chi connectivity index (χ0) is 18.9. The van der Waals surface area contributed by atoms with Gasteiger partial charge in [0.2, 0.25) is 0 Å². The van der Waals surface area contributed by atoms with E-state index in [1.807, 2.05) is 13.8 Å². The van der Waals surface area contributed by atoms with Crippen molar-refractivity contribution in [2.45, 2.75) is 97.7 Å². The zero-order valence-electron chi connectivity index (χ0n) is 17.6. The maximum Gasteiger partial charge on any atom is 0.0620 e. The molecule has 3 fully saturated rings. The van der Waals surface area contributed by atoms with Gasteiger partial charge in [-0.3, -0.25) is 0 Å². The first-order valence-electron chi connectivity index (χ1n) is 11.2. The molecule has 0 radical (unpaired) electrons. The summed E-state index contributed by atoms with van der Waals surface area (Å²) >= 11 is 0. The Labute approximate surface area is 160 Å². The van der Waals surface area contributed by atoms with Crippen LogP contribution in [0, 0.1) is 40.4 Å². The molecular formula is C24H40O2. The molecule has 0 amide bonds. The fraction of sp³-hybridized carbons (Fsp3) is 0.917. The molecule has 0 aliphatic heterocycles. The third-order valence-electron chi connectivity index (χ3n) is 9.87. The molecule has 3 saturated carbocycles. The second-order valence-electron chi connectivity index (χ2n) is 11.3. The van der Waals surface area contributed by atoms with Gasteiger partial charge in [0.25, 0.3) is 0 Å². The highest BCUT2D eigenvalue weighted by atomic mass is 16.3. The molecule has 8 atom stereocenters. The highest BCUT2D eigenvalue weighted by Crippen LogP contribution is 2.67. The van der Waals surface area contributed by atoms with E-state index in [4.69, 9.17) is 0 Å². The van der Waals surface area contributed by atoms with E-state index in [0.29, 0.717) is 22.7 Å². The molecule has 2 N–H and O–H groups in total. The Balaban J connectivity index is 1.62. The molecule has 148 valence electrons. The van der Waals surface area contributed by atoms with Crippen LogP contribution in [0.15, 0.2) is 11.6 Å². The Bertz CT molecular complexity index is 588. The third kappa shape index (κ3) is 2.65. The normalized spacial score (nSPS) is 49.7. The summed E-state index contributed by atoms with van der Waals surface area (Å²) < 4.78 is 0. The molecule has 0 aromatic rings. The Kier molecular flexibility index (Phi) is 4.44. The molecule has 4 aliphatic carbocycles. The summed E-state index contributed by atoms with van der Waals surface area (Å²) in [7, 11) is 0. The Morgan fingerprint density at radius 3 is 2.50 bits per heavy atom. The monoisotopic (exact) mass is 360 g/mol. The van der Waals surface area contributed by atoms with E-state index in [0.717, 1.165) is 30.6 Å². The lowest BCUT2D eigenvalue weighted by molar-refractivity contribution is -0.0829. The first-order chi connectivity index (χ1) is 12.1. The minimum absolute atomic E-state index is 0.108. The van der Waals surface area contributed by atoms with Crippen molar-refractivity contribution in [2.75, 3.05) is 0 Å². The van der Waals surface area contributed by atoms with E-state index in [1.165, 1.54) is 38.5 Å². The van der Waals surface area contributed by atoms with Crippen LogP contribution in [0.5, 0.6) is 0 Å². The number of hydrogen-bond acceptors (Lipinski definition) is 2. The molecule has 0 heterocycles. The van der Waals surface area contributed by atoms with Gasteiger partial charge in [-0.25, -0.2) is 0 Å². The molecule has 4 unspecified atom stereocenters. The summed E-state index contributed by atoms with van der Waals surface area (Å²) in [6.07, 6.45) is 12.0. The number of hydrogen-bond donors (Lipinski definition) is 2. The van der Waals surface area contributed by atoms with E-state index in [1.54, 1.807) is 5.57 Å². The van der Waals surface area contributed by atoms with Crippen LogP contribution in [0.2, 0.25) is 0 Å². The lowest BCUT2D eigenvalue weighted by Crippen LogP contribution is -2.51. The summed E-state index contributed by atoms with van der Waals surface area (Å²) in [6, 6.07) is 0. The average molecular weight is 361 g/mol. The molecule has 26 heavy (non-hydrogen) atoms. The van der Waals surface area contributed by atoms with Crippen LogP contribution >= 0.6 is 0 Å². The van der Waals surface area contributed by atoms with Crippen LogP contribution in [-0.2, 0) is 0 Å². The van der Waals surface area contributed by atoms with Crippen LogP contribution in [0.1, 0.15) is 86.0 Å². The van der Waals surface area contributed by atoms with Crippen LogP contribution in [0.25, 0.3) is 0 Å². The molecule has 0 aromatic carbocycles. The van der Waals surface area contributed by atoms with E-state index in [2.05, 4.69) is 26.8 Å². The minimum atomic E-state index is -0.579. The van der Waals surface area contributed by atoms with Gasteiger partial charge in [0.15, 0.2) is 0 Å². The molecule has 2 nitrogen and oxygen atoms in total. The standard InChI is InChI=1S/C24H40O2/c1-15(22(2,3)26)19-8-9-20-18-7-6-16-14-17(25)10-12-23(16,4)21(18)11-13-24(19,20)5/h6,15,17-21,25-26H,7-14H2,1-5H3/t15?,17-,18?,19+,20?,21?,23-,24+/m0/s1. The molecule has 2 heteroatoms. The van der Waals surface area contributed by atoms with E-state index >= 15 is 0 Å². The van der Waals surface area contributed by atoms with Crippen molar-refractivity contribution in [3.8, 4) is 0 Å². The first-order valence-corrected chi connectivity index (χ1v) is 11.2. The number of rotatable bonds is 2. The predicted molar refractivity (Wildman–Crippen MR) is 107 cm³/mol. The summed E-state index contributed by atoms with van der Waals surface area (Å²) in [5.74, 6) is 3.46. The molecule has 4 aliphatic rings. The Morgan fingerprint density at radius 2 is 1.81 bits per heavy atom. The van der Waals surface area contributed by atoms with Crippen molar-refractivity contribution in [3.05, 3.63) is 11.6 Å². The minimum Gasteiger partial charge on any atom is -0.393 e.